The van der Waals surface area contributed by atoms with Gasteiger partial charge in [-0.25, -0.2) is 9.59 Å². The normalized spacial score (nSPS) is 12.9. The smallest absolute Gasteiger partial charge is 0.407 e. The van der Waals surface area contributed by atoms with Crippen molar-refractivity contribution in [1.82, 2.24) is 10.3 Å². The highest BCUT2D eigenvalue weighted by molar-refractivity contribution is 6.30. The molecule has 0 saturated heterocycles. The summed E-state index contributed by atoms with van der Waals surface area (Å²) in [6, 6.07) is 25.6. The number of fused-ring (bicyclic) bond motifs is 3. The molecule has 1 atom stereocenters. The van der Waals surface area contributed by atoms with E-state index in [0.29, 0.717) is 16.3 Å². The maximum absolute atomic E-state index is 12.7. The summed E-state index contributed by atoms with van der Waals surface area (Å²) in [5, 5.41) is 12.8. The van der Waals surface area contributed by atoms with Crippen molar-refractivity contribution in [2.24, 2.45) is 0 Å². The molecule has 0 bridgehead atoms. The first-order valence-electron chi connectivity index (χ1n) is 11.6. The third-order valence-corrected chi connectivity index (χ3v) is 6.60. The highest BCUT2D eigenvalue weighted by atomic mass is 35.5. The number of ether oxygens (including phenoxy) is 1. The van der Waals surface area contributed by atoms with Gasteiger partial charge in [0.15, 0.2) is 0 Å². The van der Waals surface area contributed by atoms with Crippen molar-refractivity contribution < 1.29 is 19.4 Å². The van der Waals surface area contributed by atoms with Gasteiger partial charge in [0, 0.05) is 29.1 Å². The Labute approximate surface area is 213 Å². The van der Waals surface area contributed by atoms with Gasteiger partial charge in [0.1, 0.15) is 12.6 Å². The van der Waals surface area contributed by atoms with Gasteiger partial charge in [-0.3, -0.25) is 4.98 Å². The third-order valence-electron chi connectivity index (χ3n) is 6.37. The number of alkyl carbamates (subject to hydrolysis) is 1. The van der Waals surface area contributed by atoms with Gasteiger partial charge in [-0.2, -0.15) is 0 Å². The Morgan fingerprint density at radius 3 is 2.22 bits per heavy atom. The van der Waals surface area contributed by atoms with Gasteiger partial charge in [-0.1, -0.05) is 72.3 Å². The van der Waals surface area contributed by atoms with Gasteiger partial charge in [0.25, 0.3) is 0 Å². The number of hydrogen-bond acceptors (Lipinski definition) is 4. The van der Waals surface area contributed by atoms with Crippen LogP contribution in [-0.4, -0.2) is 34.8 Å². The van der Waals surface area contributed by atoms with Crippen LogP contribution in [0.15, 0.2) is 91.1 Å². The molecule has 180 valence electrons. The lowest BCUT2D eigenvalue weighted by Crippen LogP contribution is -2.43. The van der Waals surface area contributed by atoms with E-state index >= 15 is 0 Å². The highest BCUT2D eigenvalue weighted by Gasteiger charge is 2.30. The van der Waals surface area contributed by atoms with Gasteiger partial charge in [-0.05, 0) is 52.1 Å². The molecular formula is C29H23ClN2O4. The van der Waals surface area contributed by atoms with Crippen LogP contribution < -0.4 is 5.32 Å². The average Bonchev–Trinajstić information content (AvgIpc) is 3.21. The Hall–Kier alpha value is -4.16. The number of carbonyl (C=O) groups is 2. The van der Waals surface area contributed by atoms with Gasteiger partial charge < -0.3 is 15.2 Å². The molecule has 1 heterocycles. The van der Waals surface area contributed by atoms with Crippen LogP contribution in [0.5, 0.6) is 0 Å². The number of benzene rings is 3. The fraction of sp³-hybridized carbons (Fsp3) is 0.138. The molecule has 0 unspecified atom stereocenters. The standard InChI is InChI=1S/C29H23ClN2O4/c30-19-12-13-20(26-11-5-6-14-31-26)18(15-19)16-27(28(33)34)32-29(35)36-17-25-23-9-3-1-7-21(23)22-8-2-4-10-24(22)25/h1-15,25,27H,16-17H2,(H,32,35)(H,33,34)/t27-/m0/s1. The number of halogens is 1. The van der Waals surface area contributed by atoms with Gasteiger partial charge in [-0.15, -0.1) is 0 Å². The Bertz CT molecular complexity index is 1380. The van der Waals surface area contributed by atoms with Gasteiger partial charge >= 0.3 is 12.1 Å². The Morgan fingerprint density at radius 1 is 0.917 bits per heavy atom. The summed E-state index contributed by atoms with van der Waals surface area (Å²) in [5.41, 5.74) is 6.50. The number of carboxylic acids is 1. The molecule has 6 nitrogen and oxygen atoms in total. The molecule has 36 heavy (non-hydrogen) atoms. The van der Waals surface area contributed by atoms with Crippen molar-refractivity contribution in [3.05, 3.63) is 113 Å². The zero-order valence-electron chi connectivity index (χ0n) is 19.2. The predicted octanol–water partition coefficient (Wildman–Crippen LogP) is 5.94. The summed E-state index contributed by atoms with van der Waals surface area (Å²) in [6.45, 7) is 0.0998. The lowest BCUT2D eigenvalue weighted by molar-refractivity contribution is -0.139. The molecule has 0 fully saturated rings. The predicted molar refractivity (Wildman–Crippen MR) is 138 cm³/mol. The summed E-state index contributed by atoms with van der Waals surface area (Å²) in [6.07, 6.45) is 0.897. The monoisotopic (exact) mass is 498 g/mol. The molecule has 1 aliphatic rings. The van der Waals surface area contributed by atoms with E-state index in [1.54, 1.807) is 30.5 Å². The van der Waals surface area contributed by atoms with Crippen molar-refractivity contribution in [2.75, 3.05) is 6.61 Å². The van der Waals surface area contributed by atoms with Crippen LogP contribution >= 0.6 is 11.6 Å². The van der Waals surface area contributed by atoms with E-state index in [9.17, 15) is 14.7 Å². The first-order chi connectivity index (χ1) is 17.5. The molecule has 7 heteroatoms. The first-order valence-corrected chi connectivity index (χ1v) is 11.9. The average molecular weight is 499 g/mol. The molecule has 1 aromatic heterocycles. The largest absolute Gasteiger partial charge is 0.480 e. The quantitative estimate of drug-likeness (QED) is 0.329. The molecule has 0 spiro atoms. The number of aromatic nitrogens is 1. The van der Waals surface area contributed by atoms with Gasteiger partial charge in [0.05, 0.1) is 5.69 Å². The molecule has 0 saturated carbocycles. The number of hydrogen-bond donors (Lipinski definition) is 2. The van der Waals surface area contributed by atoms with E-state index in [-0.39, 0.29) is 18.9 Å². The summed E-state index contributed by atoms with van der Waals surface area (Å²) in [7, 11) is 0. The minimum Gasteiger partial charge on any atom is -0.480 e. The number of carboxylic acid groups (broad SMARTS) is 1. The lowest BCUT2D eigenvalue weighted by atomic mass is 9.97. The zero-order chi connectivity index (χ0) is 25.1. The molecule has 0 aliphatic heterocycles. The number of nitrogens with one attached hydrogen (secondary N) is 1. The van der Waals surface area contributed by atoms with Crippen LogP contribution in [0, 0.1) is 0 Å². The number of aliphatic carboxylic acids is 1. The van der Waals surface area contributed by atoms with Crippen LogP contribution in [-0.2, 0) is 16.0 Å². The van der Waals surface area contributed by atoms with E-state index in [4.69, 9.17) is 16.3 Å². The van der Waals surface area contributed by atoms with E-state index in [1.807, 2.05) is 48.5 Å². The second-order valence-electron chi connectivity index (χ2n) is 8.58. The Morgan fingerprint density at radius 2 is 1.58 bits per heavy atom. The summed E-state index contributed by atoms with van der Waals surface area (Å²) >= 11 is 6.20. The second kappa shape index (κ2) is 10.2. The zero-order valence-corrected chi connectivity index (χ0v) is 20.0. The Balaban J connectivity index is 1.31. The second-order valence-corrected chi connectivity index (χ2v) is 9.02. The fourth-order valence-electron chi connectivity index (χ4n) is 4.71. The number of carbonyl (C=O) groups excluding carboxylic acids is 1. The van der Waals surface area contributed by atoms with Crippen molar-refractivity contribution in [2.45, 2.75) is 18.4 Å². The minimum atomic E-state index is -1.21. The van der Waals surface area contributed by atoms with Crippen molar-refractivity contribution in [3.63, 3.8) is 0 Å². The van der Waals surface area contributed by atoms with Crippen LogP contribution in [0.2, 0.25) is 5.02 Å². The van der Waals surface area contributed by atoms with E-state index in [1.165, 1.54) is 0 Å². The van der Waals surface area contributed by atoms with Crippen LogP contribution in [0.25, 0.3) is 22.4 Å². The van der Waals surface area contributed by atoms with Crippen LogP contribution in [0.3, 0.4) is 0 Å². The molecule has 4 aromatic rings. The van der Waals surface area contributed by atoms with Crippen molar-refractivity contribution >= 4 is 23.7 Å². The molecule has 3 aromatic carbocycles. The molecule has 1 amide bonds. The van der Waals surface area contributed by atoms with Crippen LogP contribution in [0.4, 0.5) is 4.79 Å². The van der Waals surface area contributed by atoms with Crippen LogP contribution in [0.1, 0.15) is 22.6 Å². The van der Waals surface area contributed by atoms with E-state index < -0.39 is 18.1 Å². The summed E-state index contributed by atoms with van der Waals surface area (Å²) in [4.78, 5) is 29.1. The molecule has 2 N–H and O–H groups in total. The summed E-state index contributed by atoms with van der Waals surface area (Å²) < 4.78 is 5.54. The first kappa shape index (κ1) is 23.6. The fourth-order valence-corrected chi connectivity index (χ4v) is 4.90. The number of amides is 1. The molecular weight excluding hydrogens is 476 g/mol. The maximum Gasteiger partial charge on any atom is 0.407 e. The third kappa shape index (κ3) is 4.81. The summed E-state index contributed by atoms with van der Waals surface area (Å²) in [5.74, 6) is -1.29. The number of rotatable bonds is 7. The van der Waals surface area contributed by atoms with Crippen molar-refractivity contribution in [3.8, 4) is 22.4 Å². The van der Waals surface area contributed by atoms with Gasteiger partial charge in [0.2, 0.25) is 0 Å². The van der Waals surface area contributed by atoms with E-state index in [0.717, 1.165) is 27.8 Å². The molecule has 0 radical (unpaired) electrons. The van der Waals surface area contributed by atoms with E-state index in [2.05, 4.69) is 22.4 Å². The SMILES string of the molecule is O=C(N[C@@H](Cc1cc(Cl)ccc1-c1ccccn1)C(=O)O)OCC1c2ccccc2-c2ccccc21. The lowest BCUT2D eigenvalue weighted by Gasteiger charge is -2.19. The number of pyridine rings is 1. The van der Waals surface area contributed by atoms with Crippen molar-refractivity contribution in [1.29, 1.82) is 0 Å². The highest BCUT2D eigenvalue weighted by Crippen LogP contribution is 2.44. The topological polar surface area (TPSA) is 88.5 Å². The minimum absolute atomic E-state index is 0.0198. The molecule has 5 rings (SSSR count). The Kier molecular flexibility index (Phi) is 6.69. The molecule has 1 aliphatic carbocycles. The number of nitrogens with zero attached hydrogens (tertiary/aromatic N) is 1. The maximum atomic E-state index is 12.7.